The van der Waals surface area contributed by atoms with Crippen LogP contribution in [0.1, 0.15) is 29.8 Å². The van der Waals surface area contributed by atoms with E-state index in [1.54, 1.807) is 13.1 Å². The lowest BCUT2D eigenvalue weighted by atomic mass is 10.4. The Labute approximate surface area is 128 Å². The molecule has 0 aliphatic heterocycles. The third kappa shape index (κ3) is 2.43. The van der Waals surface area contributed by atoms with Crippen LogP contribution >= 0.6 is 27.5 Å². The zero-order valence-corrected chi connectivity index (χ0v) is 13.2. The molecule has 0 fully saturated rings. The Bertz CT molecular complexity index is 766. The second kappa shape index (κ2) is 5.14. The quantitative estimate of drug-likeness (QED) is 0.674. The lowest BCUT2D eigenvalue weighted by molar-refractivity contribution is 0.386. The van der Waals surface area contributed by atoms with E-state index < -0.39 is 0 Å². The van der Waals surface area contributed by atoms with E-state index in [2.05, 4.69) is 36.0 Å². The maximum atomic E-state index is 6.20. The molecule has 8 heteroatoms. The number of imidazole rings is 1. The van der Waals surface area contributed by atoms with Crippen LogP contribution in [0.2, 0.25) is 0 Å². The monoisotopic (exact) mass is 355 g/mol. The highest BCUT2D eigenvalue weighted by Crippen LogP contribution is 2.25. The molecule has 0 saturated heterocycles. The lowest BCUT2D eigenvalue weighted by Crippen LogP contribution is -2.07. The molecule has 0 aliphatic carbocycles. The average molecular weight is 357 g/mol. The second-order valence-corrected chi connectivity index (χ2v) is 5.97. The Morgan fingerprint density at radius 1 is 1.45 bits per heavy atom. The Morgan fingerprint density at radius 2 is 2.25 bits per heavy atom. The van der Waals surface area contributed by atoms with E-state index in [4.69, 9.17) is 16.1 Å². The maximum absolute atomic E-state index is 6.20. The van der Waals surface area contributed by atoms with E-state index in [-0.39, 0.29) is 5.38 Å². The van der Waals surface area contributed by atoms with Gasteiger partial charge < -0.3 is 9.09 Å². The zero-order chi connectivity index (χ0) is 14.3. The maximum Gasteiger partial charge on any atom is 0.223 e. The lowest BCUT2D eigenvalue weighted by Gasteiger charge is -2.07. The molecule has 3 rings (SSSR count). The van der Waals surface area contributed by atoms with Gasteiger partial charge in [-0.15, -0.1) is 11.6 Å². The molecule has 3 aromatic heterocycles. The Kier molecular flexibility index (Phi) is 3.47. The SMILES string of the molecule is Cc1nc(Cn2c(C(C)Cl)nc3cc(Br)cnc32)no1. The summed E-state index contributed by atoms with van der Waals surface area (Å²) in [6, 6.07) is 1.91. The fraction of sp³-hybridized carbons (Fsp3) is 0.333. The van der Waals surface area contributed by atoms with E-state index >= 15 is 0 Å². The average Bonchev–Trinajstić information content (AvgIpc) is 2.94. The van der Waals surface area contributed by atoms with Crippen LogP contribution in [0.15, 0.2) is 21.3 Å². The summed E-state index contributed by atoms with van der Waals surface area (Å²) in [6.07, 6.45) is 1.73. The molecule has 3 heterocycles. The zero-order valence-electron chi connectivity index (χ0n) is 10.8. The van der Waals surface area contributed by atoms with Gasteiger partial charge >= 0.3 is 0 Å². The van der Waals surface area contributed by atoms with Crippen molar-refractivity contribution in [2.75, 3.05) is 0 Å². The molecule has 0 aromatic carbocycles. The Balaban J connectivity index is 2.13. The van der Waals surface area contributed by atoms with Crippen LogP contribution in [-0.2, 0) is 6.54 Å². The summed E-state index contributed by atoms with van der Waals surface area (Å²) in [6.45, 7) is 4.05. The van der Waals surface area contributed by atoms with Crippen molar-refractivity contribution >= 4 is 38.7 Å². The molecule has 0 amide bonds. The Morgan fingerprint density at radius 3 is 2.90 bits per heavy atom. The van der Waals surface area contributed by atoms with Gasteiger partial charge in [0.15, 0.2) is 11.5 Å². The molecule has 3 aromatic rings. The number of hydrogen-bond donors (Lipinski definition) is 0. The largest absolute Gasteiger partial charge is 0.340 e. The van der Waals surface area contributed by atoms with Crippen LogP contribution in [0.3, 0.4) is 0 Å². The fourth-order valence-electron chi connectivity index (χ4n) is 2.01. The van der Waals surface area contributed by atoms with Crippen molar-refractivity contribution in [1.29, 1.82) is 0 Å². The van der Waals surface area contributed by atoms with Crippen LogP contribution in [0.5, 0.6) is 0 Å². The summed E-state index contributed by atoms with van der Waals surface area (Å²) in [5.41, 5.74) is 1.53. The summed E-state index contributed by atoms with van der Waals surface area (Å²) in [5, 5.41) is 3.66. The first-order valence-corrected chi connectivity index (χ1v) is 7.22. The van der Waals surface area contributed by atoms with Crippen molar-refractivity contribution in [1.82, 2.24) is 24.7 Å². The first-order valence-electron chi connectivity index (χ1n) is 5.99. The number of halogens is 2. The minimum absolute atomic E-state index is 0.240. The van der Waals surface area contributed by atoms with Crippen molar-refractivity contribution < 1.29 is 4.52 Å². The molecule has 0 N–H and O–H groups in total. The first-order chi connectivity index (χ1) is 9.54. The number of hydrogen-bond acceptors (Lipinski definition) is 5. The highest BCUT2D eigenvalue weighted by atomic mass is 79.9. The minimum Gasteiger partial charge on any atom is -0.340 e. The normalized spacial score (nSPS) is 13.0. The van der Waals surface area contributed by atoms with Crippen LogP contribution in [0, 0.1) is 6.92 Å². The third-order valence-electron chi connectivity index (χ3n) is 2.81. The molecule has 0 spiro atoms. The highest BCUT2D eigenvalue weighted by Gasteiger charge is 2.18. The molecule has 6 nitrogen and oxygen atoms in total. The highest BCUT2D eigenvalue weighted by molar-refractivity contribution is 9.10. The van der Waals surface area contributed by atoms with E-state index in [1.165, 1.54) is 0 Å². The van der Waals surface area contributed by atoms with Crippen LogP contribution in [0.25, 0.3) is 11.2 Å². The minimum atomic E-state index is -0.240. The van der Waals surface area contributed by atoms with Crippen molar-refractivity contribution in [3.8, 4) is 0 Å². The first kappa shape index (κ1) is 13.5. The van der Waals surface area contributed by atoms with Crippen LogP contribution in [-0.4, -0.2) is 24.7 Å². The van der Waals surface area contributed by atoms with Gasteiger partial charge in [0.25, 0.3) is 0 Å². The summed E-state index contributed by atoms with van der Waals surface area (Å²) in [4.78, 5) is 13.1. The smallest absolute Gasteiger partial charge is 0.223 e. The molecule has 1 atom stereocenters. The van der Waals surface area contributed by atoms with Gasteiger partial charge in [-0.2, -0.15) is 4.98 Å². The summed E-state index contributed by atoms with van der Waals surface area (Å²) in [7, 11) is 0. The molecule has 0 aliphatic rings. The van der Waals surface area contributed by atoms with Crippen molar-refractivity contribution in [2.24, 2.45) is 0 Å². The second-order valence-electron chi connectivity index (χ2n) is 4.40. The van der Waals surface area contributed by atoms with E-state index in [9.17, 15) is 0 Å². The van der Waals surface area contributed by atoms with Gasteiger partial charge in [-0.3, -0.25) is 0 Å². The predicted molar refractivity (Wildman–Crippen MR) is 77.6 cm³/mol. The molecule has 0 saturated carbocycles. The Hall–Kier alpha value is -1.47. The summed E-state index contributed by atoms with van der Waals surface area (Å²) >= 11 is 9.59. The van der Waals surface area contributed by atoms with Gasteiger partial charge in [-0.05, 0) is 28.9 Å². The predicted octanol–water partition coefficient (Wildman–Crippen LogP) is 3.23. The number of alkyl halides is 1. The third-order valence-corrected chi connectivity index (χ3v) is 3.43. The van der Waals surface area contributed by atoms with Gasteiger partial charge in [-0.1, -0.05) is 5.16 Å². The van der Waals surface area contributed by atoms with Crippen molar-refractivity contribution in [2.45, 2.75) is 25.8 Å². The van der Waals surface area contributed by atoms with Crippen molar-refractivity contribution in [3.63, 3.8) is 0 Å². The number of pyridine rings is 1. The molecule has 1 unspecified atom stereocenters. The van der Waals surface area contributed by atoms with Crippen LogP contribution in [0.4, 0.5) is 0 Å². The number of rotatable bonds is 3. The van der Waals surface area contributed by atoms with E-state index in [0.29, 0.717) is 18.3 Å². The molecular formula is C12H11BrClN5O. The van der Waals surface area contributed by atoms with Crippen molar-refractivity contribution in [3.05, 3.63) is 34.3 Å². The van der Waals surface area contributed by atoms with Gasteiger partial charge in [0.1, 0.15) is 11.3 Å². The number of aromatic nitrogens is 5. The molecule has 0 bridgehead atoms. The van der Waals surface area contributed by atoms with E-state index in [0.717, 1.165) is 21.5 Å². The van der Waals surface area contributed by atoms with Crippen LogP contribution < -0.4 is 0 Å². The van der Waals surface area contributed by atoms with E-state index in [1.807, 2.05) is 17.6 Å². The number of fused-ring (bicyclic) bond motifs is 1. The standard InChI is InChI=1S/C12H11BrClN5O/c1-6(14)11-17-9-3-8(13)4-15-12(9)19(11)5-10-16-7(2)20-18-10/h3-4,6H,5H2,1-2H3. The molecule has 0 radical (unpaired) electrons. The van der Waals surface area contributed by atoms with Gasteiger partial charge in [0, 0.05) is 17.6 Å². The van der Waals surface area contributed by atoms with Gasteiger partial charge in [0.2, 0.25) is 5.89 Å². The molecule has 104 valence electrons. The molecule has 20 heavy (non-hydrogen) atoms. The summed E-state index contributed by atoms with van der Waals surface area (Å²) < 4.78 is 7.77. The molecular weight excluding hydrogens is 346 g/mol. The number of nitrogens with zero attached hydrogens (tertiary/aromatic N) is 5. The van der Waals surface area contributed by atoms with Gasteiger partial charge in [0.05, 0.1) is 11.9 Å². The topological polar surface area (TPSA) is 69.6 Å². The van der Waals surface area contributed by atoms with Gasteiger partial charge in [-0.25, -0.2) is 9.97 Å². The fourth-order valence-corrected chi connectivity index (χ4v) is 2.50. The number of aryl methyl sites for hydroxylation is 1. The summed E-state index contributed by atoms with van der Waals surface area (Å²) in [5.74, 6) is 1.83.